The number of nitrogens with one attached hydrogen (secondary N) is 3. The molecular formula is C14H24N4O2. The third kappa shape index (κ3) is 4.05. The number of likely N-dealkylation sites (N-methyl/N-ethyl adjacent to an activating group) is 1. The molecular weight excluding hydrogens is 256 g/mol. The van der Waals surface area contributed by atoms with Crippen LogP contribution in [0.1, 0.15) is 25.7 Å². The zero-order chi connectivity index (χ0) is 14.5. The first kappa shape index (κ1) is 15.0. The number of fused-ring (bicyclic) bond motifs is 2. The summed E-state index contributed by atoms with van der Waals surface area (Å²) >= 11 is 0. The number of amides is 3. The molecule has 0 aromatic rings. The number of piperidine rings is 1. The van der Waals surface area contributed by atoms with Gasteiger partial charge in [0.2, 0.25) is 5.91 Å². The van der Waals surface area contributed by atoms with E-state index in [1.807, 2.05) is 7.05 Å². The van der Waals surface area contributed by atoms with Gasteiger partial charge in [0.15, 0.2) is 0 Å². The summed E-state index contributed by atoms with van der Waals surface area (Å²) in [5.74, 6) is -0.264. The number of carbonyl (C=O) groups is 2. The van der Waals surface area contributed by atoms with Gasteiger partial charge in [-0.05, 0) is 32.7 Å². The third-order valence-electron chi connectivity index (χ3n) is 4.12. The largest absolute Gasteiger partial charge is 0.334 e. The van der Waals surface area contributed by atoms with Gasteiger partial charge in [-0.25, -0.2) is 4.79 Å². The van der Waals surface area contributed by atoms with E-state index in [1.54, 1.807) is 6.08 Å². The summed E-state index contributed by atoms with van der Waals surface area (Å²) in [5, 5.41) is 8.43. The predicted octanol–water partition coefficient (Wildman–Crippen LogP) is 0.213. The van der Waals surface area contributed by atoms with Crippen LogP contribution in [0.2, 0.25) is 0 Å². The Bertz CT molecular complexity index is 373. The van der Waals surface area contributed by atoms with E-state index in [0.717, 1.165) is 12.8 Å². The molecule has 6 nitrogen and oxygen atoms in total. The molecule has 0 radical (unpaired) electrons. The highest BCUT2D eigenvalue weighted by molar-refractivity contribution is 5.95. The molecule has 0 aliphatic carbocycles. The summed E-state index contributed by atoms with van der Waals surface area (Å²) in [6.45, 7) is 4.11. The Morgan fingerprint density at radius 2 is 2.00 bits per heavy atom. The maximum Gasteiger partial charge on any atom is 0.321 e. The van der Waals surface area contributed by atoms with Gasteiger partial charge in [0, 0.05) is 24.7 Å². The van der Waals surface area contributed by atoms with Gasteiger partial charge in [-0.2, -0.15) is 0 Å². The Morgan fingerprint density at radius 1 is 1.35 bits per heavy atom. The average molecular weight is 280 g/mol. The fourth-order valence-corrected chi connectivity index (χ4v) is 3.12. The number of nitrogens with zero attached hydrogens (tertiary/aromatic N) is 1. The van der Waals surface area contributed by atoms with E-state index in [9.17, 15) is 9.59 Å². The standard InChI is InChI=1S/C14H24N4O2/c1-3-6-15-14(20)17-13(19)9-18(2)12-7-10-4-5-11(8-12)16-10/h3,10-12,16H,1,4-9H2,2H3,(H2,15,17,19,20). The first-order chi connectivity index (χ1) is 9.58. The fourth-order valence-electron chi connectivity index (χ4n) is 3.12. The lowest BCUT2D eigenvalue weighted by molar-refractivity contribution is -0.121. The Hall–Kier alpha value is -1.40. The molecule has 112 valence electrons. The van der Waals surface area contributed by atoms with E-state index < -0.39 is 6.03 Å². The first-order valence-corrected chi connectivity index (χ1v) is 7.23. The van der Waals surface area contributed by atoms with Gasteiger partial charge in [-0.3, -0.25) is 15.0 Å². The van der Waals surface area contributed by atoms with Crippen LogP contribution in [0.5, 0.6) is 0 Å². The molecule has 2 bridgehead atoms. The van der Waals surface area contributed by atoms with Gasteiger partial charge in [0.1, 0.15) is 0 Å². The number of rotatable bonds is 5. The van der Waals surface area contributed by atoms with Crippen LogP contribution in [0.4, 0.5) is 4.79 Å². The van der Waals surface area contributed by atoms with Crippen molar-refractivity contribution in [2.24, 2.45) is 0 Å². The maximum atomic E-state index is 11.8. The van der Waals surface area contributed by atoms with Crippen LogP contribution in [0, 0.1) is 0 Å². The van der Waals surface area contributed by atoms with Crippen LogP contribution in [0.25, 0.3) is 0 Å². The van der Waals surface area contributed by atoms with E-state index in [4.69, 9.17) is 0 Å². The minimum absolute atomic E-state index is 0.256. The van der Waals surface area contributed by atoms with Crippen molar-refractivity contribution in [3.8, 4) is 0 Å². The summed E-state index contributed by atoms with van der Waals surface area (Å²) < 4.78 is 0. The van der Waals surface area contributed by atoms with E-state index in [2.05, 4.69) is 27.4 Å². The van der Waals surface area contributed by atoms with Gasteiger partial charge in [0.05, 0.1) is 6.54 Å². The summed E-state index contributed by atoms with van der Waals surface area (Å²) in [5.41, 5.74) is 0. The molecule has 2 fully saturated rings. The summed E-state index contributed by atoms with van der Waals surface area (Å²) in [4.78, 5) is 25.2. The van der Waals surface area contributed by atoms with Gasteiger partial charge in [-0.1, -0.05) is 6.08 Å². The number of carbonyl (C=O) groups excluding carboxylic acids is 2. The monoisotopic (exact) mass is 280 g/mol. The lowest BCUT2D eigenvalue weighted by atomic mass is 9.98. The van der Waals surface area contributed by atoms with Crippen LogP contribution in [0.3, 0.4) is 0 Å². The molecule has 3 amide bonds. The topological polar surface area (TPSA) is 73.5 Å². The highest BCUT2D eigenvalue weighted by Crippen LogP contribution is 2.28. The predicted molar refractivity (Wildman–Crippen MR) is 77.3 cm³/mol. The molecule has 2 saturated heterocycles. The Morgan fingerprint density at radius 3 is 2.60 bits per heavy atom. The number of hydrogen-bond donors (Lipinski definition) is 3. The first-order valence-electron chi connectivity index (χ1n) is 7.23. The third-order valence-corrected chi connectivity index (χ3v) is 4.12. The molecule has 2 aliphatic rings. The van der Waals surface area contributed by atoms with Gasteiger partial charge < -0.3 is 10.6 Å². The Labute approximate surface area is 120 Å². The minimum atomic E-state index is -0.464. The van der Waals surface area contributed by atoms with Crippen LogP contribution in [0.15, 0.2) is 12.7 Å². The molecule has 0 saturated carbocycles. The average Bonchev–Trinajstić information content (AvgIpc) is 2.74. The zero-order valence-corrected chi connectivity index (χ0v) is 12.0. The van der Waals surface area contributed by atoms with Crippen LogP contribution < -0.4 is 16.0 Å². The van der Waals surface area contributed by atoms with Crippen molar-refractivity contribution in [2.75, 3.05) is 20.1 Å². The molecule has 0 spiro atoms. The Balaban J connectivity index is 1.73. The molecule has 20 heavy (non-hydrogen) atoms. The highest BCUT2D eigenvalue weighted by atomic mass is 16.2. The summed E-state index contributed by atoms with van der Waals surface area (Å²) in [7, 11) is 1.96. The molecule has 2 unspecified atom stereocenters. The lowest BCUT2D eigenvalue weighted by Crippen LogP contribution is -2.50. The van der Waals surface area contributed by atoms with Crippen LogP contribution in [-0.4, -0.2) is 55.1 Å². The second-order valence-corrected chi connectivity index (χ2v) is 5.73. The quantitative estimate of drug-likeness (QED) is 0.630. The van der Waals surface area contributed by atoms with Crippen LogP contribution in [-0.2, 0) is 4.79 Å². The normalized spacial score (nSPS) is 28.2. The Kier molecular flexibility index (Phi) is 5.14. The second kappa shape index (κ2) is 6.85. The summed E-state index contributed by atoms with van der Waals surface area (Å²) in [6.07, 6.45) is 6.23. The molecule has 0 aromatic heterocycles. The molecule has 2 rings (SSSR count). The number of hydrogen-bond acceptors (Lipinski definition) is 4. The SMILES string of the molecule is C=CCNC(=O)NC(=O)CN(C)C1CC2CCC(C1)N2. The van der Waals surface area contributed by atoms with Gasteiger partial charge in [0.25, 0.3) is 0 Å². The van der Waals surface area contributed by atoms with Crippen molar-refractivity contribution < 1.29 is 9.59 Å². The highest BCUT2D eigenvalue weighted by Gasteiger charge is 2.35. The van der Waals surface area contributed by atoms with Crippen molar-refractivity contribution in [3.63, 3.8) is 0 Å². The fraction of sp³-hybridized carbons (Fsp3) is 0.714. The molecule has 2 aliphatic heterocycles. The molecule has 2 heterocycles. The van der Waals surface area contributed by atoms with E-state index in [-0.39, 0.29) is 12.5 Å². The number of imide groups is 1. The van der Waals surface area contributed by atoms with E-state index in [0.29, 0.717) is 24.7 Å². The van der Waals surface area contributed by atoms with E-state index >= 15 is 0 Å². The minimum Gasteiger partial charge on any atom is -0.334 e. The number of urea groups is 1. The van der Waals surface area contributed by atoms with E-state index in [1.165, 1.54) is 12.8 Å². The summed E-state index contributed by atoms with van der Waals surface area (Å²) in [6, 6.07) is 1.16. The van der Waals surface area contributed by atoms with Crippen molar-refractivity contribution in [3.05, 3.63) is 12.7 Å². The van der Waals surface area contributed by atoms with Crippen molar-refractivity contribution in [1.29, 1.82) is 0 Å². The van der Waals surface area contributed by atoms with Crippen LogP contribution >= 0.6 is 0 Å². The van der Waals surface area contributed by atoms with Gasteiger partial charge >= 0.3 is 6.03 Å². The van der Waals surface area contributed by atoms with Crippen molar-refractivity contribution in [2.45, 2.75) is 43.8 Å². The zero-order valence-electron chi connectivity index (χ0n) is 12.0. The molecule has 6 heteroatoms. The second-order valence-electron chi connectivity index (χ2n) is 5.73. The van der Waals surface area contributed by atoms with Gasteiger partial charge in [-0.15, -0.1) is 6.58 Å². The maximum absolute atomic E-state index is 11.8. The smallest absolute Gasteiger partial charge is 0.321 e. The molecule has 0 aromatic carbocycles. The van der Waals surface area contributed by atoms with Crippen molar-refractivity contribution >= 4 is 11.9 Å². The lowest BCUT2D eigenvalue weighted by Gasteiger charge is -2.35. The molecule has 2 atom stereocenters. The molecule has 3 N–H and O–H groups in total. The van der Waals surface area contributed by atoms with Crippen molar-refractivity contribution in [1.82, 2.24) is 20.9 Å².